The third-order valence-electron chi connectivity index (χ3n) is 3.71. The highest BCUT2D eigenvalue weighted by atomic mass is 35.5. The largest absolute Gasteiger partial charge is 0.484 e. The summed E-state index contributed by atoms with van der Waals surface area (Å²) >= 11 is 7.19. The van der Waals surface area contributed by atoms with Crippen LogP contribution in [0.15, 0.2) is 60.1 Å². The highest BCUT2D eigenvalue weighted by Crippen LogP contribution is 2.22. The second-order valence-electron chi connectivity index (χ2n) is 5.90. The number of allylic oxidation sites excluding steroid dienone is 1. The number of ether oxygens (including phenoxy) is 1. The molecule has 0 atom stereocenters. The third-order valence-corrected chi connectivity index (χ3v) is 5.00. The molecule has 6 nitrogen and oxygen atoms in total. The molecule has 28 heavy (non-hydrogen) atoms. The van der Waals surface area contributed by atoms with Gasteiger partial charge < -0.3 is 14.6 Å². The molecule has 0 bridgehead atoms. The number of fused-ring (bicyclic) bond motifs is 1. The summed E-state index contributed by atoms with van der Waals surface area (Å²) in [5, 5.41) is 3.35. The number of aromatic nitrogens is 1. The molecule has 1 heterocycles. The number of nitrogens with one attached hydrogen (secondary N) is 1. The molecule has 3 rings (SSSR count). The van der Waals surface area contributed by atoms with Gasteiger partial charge in [0, 0.05) is 24.2 Å². The van der Waals surface area contributed by atoms with E-state index in [1.807, 2.05) is 22.8 Å². The predicted octanol–water partition coefficient (Wildman–Crippen LogP) is 4.01. The van der Waals surface area contributed by atoms with Crippen molar-refractivity contribution in [3.05, 3.63) is 64.9 Å². The molecule has 8 heteroatoms. The van der Waals surface area contributed by atoms with Gasteiger partial charge in [0.25, 0.3) is 5.91 Å². The zero-order valence-corrected chi connectivity index (χ0v) is 16.7. The Bertz CT molecular complexity index is 1100. The summed E-state index contributed by atoms with van der Waals surface area (Å²) in [6, 6.07) is 12.3. The Balaban J connectivity index is 1.87. The minimum atomic E-state index is -0.401. The molecule has 1 N–H and O–H groups in total. The Morgan fingerprint density at radius 2 is 2.04 bits per heavy atom. The maximum absolute atomic E-state index is 12.3. The fourth-order valence-corrected chi connectivity index (χ4v) is 3.78. The second kappa shape index (κ2) is 8.86. The van der Waals surface area contributed by atoms with Crippen molar-refractivity contribution in [1.29, 1.82) is 0 Å². The number of amides is 2. The topological polar surface area (TPSA) is 72.7 Å². The van der Waals surface area contributed by atoms with E-state index in [1.54, 1.807) is 30.3 Å². The van der Waals surface area contributed by atoms with E-state index in [-0.39, 0.29) is 12.5 Å². The monoisotopic (exact) mass is 415 g/mol. The molecule has 0 radical (unpaired) electrons. The van der Waals surface area contributed by atoms with E-state index in [0.717, 1.165) is 10.2 Å². The normalized spacial score (nSPS) is 11.4. The minimum Gasteiger partial charge on any atom is -0.484 e. The molecular formula is C20H18ClN3O3S. The van der Waals surface area contributed by atoms with Gasteiger partial charge in [-0.05, 0) is 42.5 Å². The van der Waals surface area contributed by atoms with E-state index < -0.39 is 5.91 Å². The summed E-state index contributed by atoms with van der Waals surface area (Å²) in [7, 11) is 0. The van der Waals surface area contributed by atoms with Crippen LogP contribution in [-0.2, 0) is 16.1 Å². The maximum Gasteiger partial charge on any atom is 0.286 e. The van der Waals surface area contributed by atoms with Gasteiger partial charge in [0.2, 0.25) is 5.91 Å². The summed E-state index contributed by atoms with van der Waals surface area (Å²) < 4.78 is 8.25. The standard InChI is InChI=1S/C20H18ClN3O3S/c1-3-10-24-17-9-6-15(22-13(2)25)11-18(17)28-20(24)23-19(26)12-27-16-7-4-14(21)5-8-16/h3-9,11H,1,10,12H2,2H3,(H,22,25). The molecule has 1 aromatic heterocycles. The Kier molecular flexibility index (Phi) is 6.28. The number of anilines is 1. The van der Waals surface area contributed by atoms with Crippen molar-refractivity contribution >= 4 is 50.7 Å². The van der Waals surface area contributed by atoms with E-state index in [0.29, 0.717) is 27.8 Å². The van der Waals surface area contributed by atoms with Gasteiger partial charge in [-0.2, -0.15) is 4.99 Å². The third kappa shape index (κ3) is 4.88. The van der Waals surface area contributed by atoms with E-state index in [1.165, 1.54) is 18.3 Å². The average Bonchev–Trinajstić information content (AvgIpc) is 2.97. The van der Waals surface area contributed by atoms with Crippen molar-refractivity contribution in [2.75, 3.05) is 11.9 Å². The van der Waals surface area contributed by atoms with Gasteiger partial charge in [0.05, 0.1) is 10.2 Å². The molecule has 2 amide bonds. The van der Waals surface area contributed by atoms with Gasteiger partial charge in [-0.1, -0.05) is 29.0 Å². The number of carbonyl (C=O) groups is 2. The lowest BCUT2D eigenvalue weighted by Crippen LogP contribution is -2.19. The average molecular weight is 416 g/mol. The lowest BCUT2D eigenvalue weighted by molar-refractivity contribution is -0.120. The van der Waals surface area contributed by atoms with E-state index in [2.05, 4.69) is 16.9 Å². The first kappa shape index (κ1) is 19.9. The summed E-state index contributed by atoms with van der Waals surface area (Å²) in [4.78, 5) is 28.3. The van der Waals surface area contributed by atoms with Crippen LogP contribution >= 0.6 is 22.9 Å². The first-order valence-electron chi connectivity index (χ1n) is 8.44. The molecule has 0 saturated heterocycles. The van der Waals surface area contributed by atoms with Crippen LogP contribution in [0.4, 0.5) is 5.69 Å². The molecule has 0 spiro atoms. The van der Waals surface area contributed by atoms with Crippen molar-refractivity contribution in [3.63, 3.8) is 0 Å². The van der Waals surface area contributed by atoms with Crippen LogP contribution in [0.3, 0.4) is 0 Å². The number of nitrogens with zero attached hydrogens (tertiary/aromatic N) is 2. The van der Waals surface area contributed by atoms with Gasteiger partial charge in [-0.15, -0.1) is 6.58 Å². The van der Waals surface area contributed by atoms with E-state index in [4.69, 9.17) is 16.3 Å². The van der Waals surface area contributed by atoms with Crippen LogP contribution in [-0.4, -0.2) is 23.0 Å². The zero-order valence-electron chi connectivity index (χ0n) is 15.1. The van der Waals surface area contributed by atoms with Gasteiger partial charge in [0.15, 0.2) is 11.4 Å². The van der Waals surface area contributed by atoms with Crippen LogP contribution in [0.5, 0.6) is 5.75 Å². The number of carbonyl (C=O) groups excluding carboxylic acids is 2. The highest BCUT2D eigenvalue weighted by Gasteiger charge is 2.09. The number of hydrogen-bond acceptors (Lipinski definition) is 4. The zero-order chi connectivity index (χ0) is 20.1. The summed E-state index contributed by atoms with van der Waals surface area (Å²) in [6.45, 7) is 5.55. The fraction of sp³-hybridized carbons (Fsp3) is 0.150. The van der Waals surface area contributed by atoms with Crippen LogP contribution in [0.2, 0.25) is 5.02 Å². The molecule has 0 aliphatic heterocycles. The molecule has 0 saturated carbocycles. The van der Waals surface area contributed by atoms with E-state index in [9.17, 15) is 9.59 Å². The van der Waals surface area contributed by atoms with Gasteiger partial charge in [-0.3, -0.25) is 9.59 Å². The minimum absolute atomic E-state index is 0.144. The Morgan fingerprint density at radius 3 is 2.71 bits per heavy atom. The quantitative estimate of drug-likeness (QED) is 0.618. The number of rotatable bonds is 6. The smallest absolute Gasteiger partial charge is 0.286 e. The maximum atomic E-state index is 12.3. The number of thiazole rings is 1. The molecular weight excluding hydrogens is 398 g/mol. The predicted molar refractivity (Wildman–Crippen MR) is 112 cm³/mol. The molecule has 0 fully saturated rings. The molecule has 0 aliphatic rings. The van der Waals surface area contributed by atoms with Crippen molar-refractivity contribution in [3.8, 4) is 5.75 Å². The number of benzene rings is 2. The Hall–Kier alpha value is -2.90. The Labute approximate surface area is 170 Å². The SMILES string of the molecule is C=CCn1c(=NC(=O)COc2ccc(Cl)cc2)sc2cc(NC(C)=O)ccc21. The second-order valence-corrected chi connectivity index (χ2v) is 7.34. The van der Waals surface area contributed by atoms with Crippen molar-refractivity contribution in [1.82, 2.24) is 4.57 Å². The van der Waals surface area contributed by atoms with Gasteiger partial charge in [-0.25, -0.2) is 0 Å². The summed E-state index contributed by atoms with van der Waals surface area (Å²) in [5.41, 5.74) is 1.60. The fourth-order valence-electron chi connectivity index (χ4n) is 2.56. The molecule has 0 aliphatic carbocycles. The first-order chi connectivity index (χ1) is 13.5. The van der Waals surface area contributed by atoms with E-state index >= 15 is 0 Å². The lowest BCUT2D eigenvalue weighted by atomic mass is 10.3. The highest BCUT2D eigenvalue weighted by molar-refractivity contribution is 7.16. The van der Waals surface area contributed by atoms with Crippen LogP contribution < -0.4 is 14.9 Å². The van der Waals surface area contributed by atoms with Gasteiger partial charge in [0.1, 0.15) is 5.75 Å². The Morgan fingerprint density at radius 1 is 1.29 bits per heavy atom. The number of halogens is 1. The van der Waals surface area contributed by atoms with Crippen LogP contribution in [0, 0.1) is 0 Å². The summed E-state index contributed by atoms with van der Waals surface area (Å²) in [6.07, 6.45) is 1.74. The lowest BCUT2D eigenvalue weighted by Gasteiger charge is -2.04. The molecule has 2 aromatic carbocycles. The van der Waals surface area contributed by atoms with Crippen molar-refractivity contribution in [2.24, 2.45) is 4.99 Å². The van der Waals surface area contributed by atoms with Crippen LogP contribution in [0.25, 0.3) is 10.2 Å². The summed E-state index contributed by atoms with van der Waals surface area (Å²) in [5.74, 6) is -0.000998. The number of hydrogen-bond donors (Lipinski definition) is 1. The molecule has 3 aromatic rings. The van der Waals surface area contributed by atoms with Crippen molar-refractivity contribution in [2.45, 2.75) is 13.5 Å². The van der Waals surface area contributed by atoms with Crippen LogP contribution in [0.1, 0.15) is 6.92 Å². The van der Waals surface area contributed by atoms with Crippen molar-refractivity contribution < 1.29 is 14.3 Å². The molecule has 144 valence electrons. The first-order valence-corrected chi connectivity index (χ1v) is 9.63. The molecule has 0 unspecified atom stereocenters. The van der Waals surface area contributed by atoms with Gasteiger partial charge >= 0.3 is 0 Å².